The topological polar surface area (TPSA) is 35.3 Å². The Balaban J connectivity index is 1.86. The summed E-state index contributed by atoms with van der Waals surface area (Å²) >= 11 is 3.60. The molecule has 3 nitrogen and oxygen atoms in total. The molecular formula is C16H14BrNO2. The molecular weight excluding hydrogens is 318 g/mol. The average molecular weight is 332 g/mol. The summed E-state index contributed by atoms with van der Waals surface area (Å²) in [6, 6.07) is 12.2. The van der Waals surface area contributed by atoms with Crippen molar-refractivity contribution in [2.75, 3.05) is 0 Å². The number of rotatable bonds is 3. The molecule has 0 fully saturated rings. The Morgan fingerprint density at radius 3 is 2.70 bits per heavy atom. The standard InChI is InChI=1S/C16H14BrNO2/c1-10-11(2)20-15(18-10)9-19-14-8-7-12-5-3-4-6-13(12)16(14)17/h3-8H,9H2,1-2H3. The molecule has 0 radical (unpaired) electrons. The van der Waals surface area contributed by atoms with Gasteiger partial charge in [-0.2, -0.15) is 0 Å². The van der Waals surface area contributed by atoms with E-state index in [0.29, 0.717) is 12.5 Å². The Bertz CT molecular complexity index is 745. The molecule has 0 aliphatic carbocycles. The van der Waals surface area contributed by atoms with E-state index >= 15 is 0 Å². The molecule has 0 N–H and O–H groups in total. The first-order valence-electron chi connectivity index (χ1n) is 6.38. The first-order valence-corrected chi connectivity index (χ1v) is 7.17. The lowest BCUT2D eigenvalue weighted by molar-refractivity contribution is 0.259. The number of halogens is 1. The number of aromatic nitrogens is 1. The third-order valence-corrected chi connectivity index (χ3v) is 4.07. The second-order valence-corrected chi connectivity index (χ2v) is 5.43. The van der Waals surface area contributed by atoms with Crippen molar-refractivity contribution in [1.29, 1.82) is 0 Å². The lowest BCUT2D eigenvalue weighted by Gasteiger charge is -2.08. The highest BCUT2D eigenvalue weighted by molar-refractivity contribution is 9.10. The fraction of sp³-hybridized carbons (Fsp3) is 0.188. The summed E-state index contributed by atoms with van der Waals surface area (Å²) in [5.41, 5.74) is 0.904. The van der Waals surface area contributed by atoms with Gasteiger partial charge in [-0.3, -0.25) is 0 Å². The Kier molecular flexibility index (Phi) is 3.49. The Hall–Kier alpha value is -1.81. The predicted octanol–water partition coefficient (Wildman–Crippen LogP) is 4.79. The van der Waals surface area contributed by atoms with Gasteiger partial charge in [-0.25, -0.2) is 4.98 Å². The van der Waals surface area contributed by atoms with Gasteiger partial charge in [-0.05, 0) is 46.6 Å². The van der Waals surface area contributed by atoms with Crippen LogP contribution in [0, 0.1) is 13.8 Å². The van der Waals surface area contributed by atoms with Crippen molar-refractivity contribution in [2.24, 2.45) is 0 Å². The van der Waals surface area contributed by atoms with Crippen LogP contribution >= 0.6 is 15.9 Å². The van der Waals surface area contributed by atoms with Crippen LogP contribution in [-0.2, 0) is 6.61 Å². The zero-order chi connectivity index (χ0) is 14.1. The molecule has 3 aromatic rings. The van der Waals surface area contributed by atoms with Gasteiger partial charge in [0.2, 0.25) is 5.89 Å². The highest BCUT2D eigenvalue weighted by Crippen LogP contribution is 2.33. The van der Waals surface area contributed by atoms with Crippen LogP contribution in [0.2, 0.25) is 0 Å². The number of hydrogen-bond donors (Lipinski definition) is 0. The lowest BCUT2D eigenvalue weighted by Crippen LogP contribution is -1.96. The van der Waals surface area contributed by atoms with Crippen LogP contribution in [0.25, 0.3) is 10.8 Å². The maximum Gasteiger partial charge on any atom is 0.232 e. The third-order valence-electron chi connectivity index (χ3n) is 3.25. The van der Waals surface area contributed by atoms with Gasteiger partial charge < -0.3 is 9.15 Å². The number of ether oxygens (including phenoxy) is 1. The van der Waals surface area contributed by atoms with Gasteiger partial charge >= 0.3 is 0 Å². The summed E-state index contributed by atoms with van der Waals surface area (Å²) in [7, 11) is 0. The van der Waals surface area contributed by atoms with E-state index in [2.05, 4.69) is 33.0 Å². The smallest absolute Gasteiger partial charge is 0.232 e. The fourth-order valence-electron chi connectivity index (χ4n) is 2.07. The maximum atomic E-state index is 5.80. The van der Waals surface area contributed by atoms with Crippen molar-refractivity contribution >= 4 is 26.7 Å². The number of aryl methyl sites for hydroxylation is 2. The van der Waals surface area contributed by atoms with Gasteiger partial charge in [0.15, 0.2) is 6.61 Å². The van der Waals surface area contributed by atoms with Crippen LogP contribution in [0.3, 0.4) is 0 Å². The molecule has 0 saturated carbocycles. The van der Waals surface area contributed by atoms with Crippen LogP contribution in [-0.4, -0.2) is 4.98 Å². The number of hydrogen-bond acceptors (Lipinski definition) is 3. The van der Waals surface area contributed by atoms with Crippen LogP contribution in [0.5, 0.6) is 5.75 Å². The maximum absolute atomic E-state index is 5.80. The number of oxazole rings is 1. The second kappa shape index (κ2) is 5.29. The molecule has 0 amide bonds. The molecule has 0 atom stereocenters. The summed E-state index contributed by atoms with van der Waals surface area (Å²) < 4.78 is 12.3. The molecule has 4 heteroatoms. The van der Waals surface area contributed by atoms with Crippen molar-refractivity contribution in [3.8, 4) is 5.75 Å². The molecule has 2 aromatic carbocycles. The molecule has 1 heterocycles. The summed E-state index contributed by atoms with van der Waals surface area (Å²) in [6.07, 6.45) is 0. The molecule has 20 heavy (non-hydrogen) atoms. The van der Waals surface area contributed by atoms with E-state index < -0.39 is 0 Å². The molecule has 0 spiro atoms. The SMILES string of the molecule is Cc1nc(COc2ccc3ccccc3c2Br)oc1C. The minimum absolute atomic E-state index is 0.325. The third kappa shape index (κ3) is 2.43. The van der Waals surface area contributed by atoms with E-state index in [-0.39, 0.29) is 0 Å². The molecule has 0 bridgehead atoms. The van der Waals surface area contributed by atoms with Gasteiger partial charge in [-0.1, -0.05) is 30.3 Å². The van der Waals surface area contributed by atoms with Crippen LogP contribution < -0.4 is 4.74 Å². The van der Waals surface area contributed by atoms with Crippen molar-refractivity contribution in [1.82, 2.24) is 4.98 Å². The minimum atomic E-state index is 0.325. The van der Waals surface area contributed by atoms with E-state index in [1.54, 1.807) is 0 Å². The molecule has 102 valence electrons. The van der Waals surface area contributed by atoms with E-state index in [1.807, 2.05) is 38.1 Å². The predicted molar refractivity (Wildman–Crippen MR) is 82.0 cm³/mol. The van der Waals surface area contributed by atoms with E-state index in [4.69, 9.17) is 9.15 Å². The van der Waals surface area contributed by atoms with Gasteiger partial charge in [-0.15, -0.1) is 0 Å². The number of benzene rings is 2. The largest absolute Gasteiger partial charge is 0.483 e. The van der Waals surface area contributed by atoms with Crippen molar-refractivity contribution < 1.29 is 9.15 Å². The quantitative estimate of drug-likeness (QED) is 0.692. The summed E-state index contributed by atoms with van der Waals surface area (Å²) in [6.45, 7) is 4.15. The Labute approximate surface area is 125 Å². The minimum Gasteiger partial charge on any atom is -0.483 e. The van der Waals surface area contributed by atoms with Gasteiger partial charge in [0.25, 0.3) is 0 Å². The first kappa shape index (κ1) is 13.2. The number of nitrogens with zero attached hydrogens (tertiary/aromatic N) is 1. The van der Waals surface area contributed by atoms with Crippen molar-refractivity contribution in [3.63, 3.8) is 0 Å². The molecule has 3 rings (SSSR count). The van der Waals surface area contributed by atoms with Crippen molar-refractivity contribution in [2.45, 2.75) is 20.5 Å². The molecule has 0 aliphatic rings. The molecule has 1 aromatic heterocycles. The van der Waals surface area contributed by atoms with E-state index in [1.165, 1.54) is 5.39 Å². The lowest BCUT2D eigenvalue weighted by atomic mass is 10.1. The second-order valence-electron chi connectivity index (χ2n) is 4.64. The normalized spacial score (nSPS) is 10.9. The van der Waals surface area contributed by atoms with Gasteiger partial charge in [0, 0.05) is 0 Å². The highest BCUT2D eigenvalue weighted by atomic mass is 79.9. The van der Waals surface area contributed by atoms with Gasteiger partial charge in [0.05, 0.1) is 10.2 Å². The first-order chi connectivity index (χ1) is 9.65. The van der Waals surface area contributed by atoms with E-state index in [0.717, 1.165) is 27.1 Å². The zero-order valence-corrected chi connectivity index (χ0v) is 12.9. The Morgan fingerprint density at radius 1 is 1.15 bits per heavy atom. The Morgan fingerprint density at radius 2 is 1.95 bits per heavy atom. The van der Waals surface area contributed by atoms with Crippen LogP contribution in [0.1, 0.15) is 17.3 Å². The summed E-state index contributed by atoms with van der Waals surface area (Å²) in [5.74, 6) is 2.22. The zero-order valence-electron chi connectivity index (χ0n) is 11.3. The van der Waals surface area contributed by atoms with E-state index in [9.17, 15) is 0 Å². The molecule has 0 aliphatic heterocycles. The van der Waals surface area contributed by atoms with Crippen molar-refractivity contribution in [3.05, 3.63) is 58.2 Å². The molecule has 0 saturated heterocycles. The highest BCUT2D eigenvalue weighted by Gasteiger charge is 2.09. The molecule has 0 unspecified atom stereocenters. The number of fused-ring (bicyclic) bond motifs is 1. The summed E-state index contributed by atoms with van der Waals surface area (Å²) in [4.78, 5) is 4.31. The monoisotopic (exact) mass is 331 g/mol. The fourth-order valence-corrected chi connectivity index (χ4v) is 2.67. The van der Waals surface area contributed by atoms with Gasteiger partial charge in [0.1, 0.15) is 11.5 Å². The van der Waals surface area contributed by atoms with Crippen LogP contribution in [0.4, 0.5) is 0 Å². The average Bonchev–Trinajstić information content (AvgIpc) is 2.77. The van der Waals surface area contributed by atoms with Crippen LogP contribution in [0.15, 0.2) is 45.3 Å². The summed E-state index contributed by atoms with van der Waals surface area (Å²) in [5, 5.41) is 2.30.